The molecule has 0 bridgehead atoms. The third-order valence-corrected chi connectivity index (χ3v) is 8.98. The molecule has 0 radical (unpaired) electrons. The van der Waals surface area contributed by atoms with Gasteiger partial charge in [0.25, 0.3) is 5.91 Å². The number of aliphatic hydroxyl groups is 1. The van der Waals surface area contributed by atoms with Crippen LogP contribution in [0.25, 0.3) is 10.1 Å². The summed E-state index contributed by atoms with van der Waals surface area (Å²) in [6, 6.07) is 14.4. The van der Waals surface area contributed by atoms with Gasteiger partial charge in [-0.25, -0.2) is 0 Å². The number of amides is 1. The van der Waals surface area contributed by atoms with E-state index in [9.17, 15) is 9.90 Å². The summed E-state index contributed by atoms with van der Waals surface area (Å²) in [6.07, 6.45) is 2.86. The van der Waals surface area contributed by atoms with Crippen molar-refractivity contribution in [3.05, 3.63) is 70.8 Å². The van der Waals surface area contributed by atoms with Crippen LogP contribution in [0.2, 0.25) is 0 Å². The predicted octanol–water partition coefficient (Wildman–Crippen LogP) is 4.72. The number of carbonyl (C=O) groups excluding carboxylic acids is 1. The Balaban J connectivity index is 1.19. The third kappa shape index (κ3) is 5.56. The minimum Gasteiger partial charge on any atom is -0.459 e. The summed E-state index contributed by atoms with van der Waals surface area (Å²) in [5.41, 5.74) is 2.36. The minimum atomic E-state index is -0.545. The van der Waals surface area contributed by atoms with Crippen LogP contribution in [0, 0.1) is 5.92 Å². The van der Waals surface area contributed by atoms with Gasteiger partial charge in [-0.05, 0) is 65.9 Å². The van der Waals surface area contributed by atoms with E-state index in [0.29, 0.717) is 31.9 Å². The first-order valence-electron chi connectivity index (χ1n) is 14.1. The number of fused-ring (bicyclic) bond motifs is 2. The van der Waals surface area contributed by atoms with Gasteiger partial charge in [-0.15, -0.1) is 11.3 Å². The van der Waals surface area contributed by atoms with Crippen molar-refractivity contribution in [1.29, 1.82) is 0 Å². The molecule has 3 aliphatic rings. The lowest BCUT2D eigenvalue weighted by atomic mass is 9.80. The second kappa shape index (κ2) is 12.2. The molecule has 1 saturated heterocycles. The van der Waals surface area contributed by atoms with Gasteiger partial charge in [0.05, 0.1) is 0 Å². The fourth-order valence-electron chi connectivity index (χ4n) is 5.93. The number of hydrogen-bond donors (Lipinski definition) is 1. The lowest BCUT2D eigenvalue weighted by molar-refractivity contribution is -0.170. The van der Waals surface area contributed by atoms with Crippen LogP contribution < -0.4 is 9.47 Å². The number of hydrogen-bond acceptors (Lipinski definition) is 8. The summed E-state index contributed by atoms with van der Waals surface area (Å²) in [5, 5.41) is 13.0. The zero-order valence-corrected chi connectivity index (χ0v) is 23.6. The van der Waals surface area contributed by atoms with E-state index in [1.807, 2.05) is 30.0 Å². The van der Waals surface area contributed by atoms with Crippen LogP contribution in [0.5, 0.6) is 11.5 Å². The molecule has 0 saturated carbocycles. The highest BCUT2D eigenvalue weighted by Gasteiger charge is 2.40. The van der Waals surface area contributed by atoms with Gasteiger partial charge in [0.15, 0.2) is 17.3 Å². The van der Waals surface area contributed by atoms with Crippen molar-refractivity contribution in [3.8, 4) is 11.5 Å². The lowest BCUT2D eigenvalue weighted by Gasteiger charge is -2.39. The van der Waals surface area contributed by atoms with Gasteiger partial charge in [0, 0.05) is 62.5 Å². The van der Waals surface area contributed by atoms with E-state index < -0.39 is 6.29 Å². The predicted molar refractivity (Wildman–Crippen MR) is 153 cm³/mol. The maximum Gasteiger partial charge on any atom is 0.288 e. The molecule has 212 valence electrons. The molecule has 3 aromatic rings. The van der Waals surface area contributed by atoms with Crippen molar-refractivity contribution in [1.82, 2.24) is 9.80 Å². The molecular weight excluding hydrogens is 528 g/mol. The summed E-state index contributed by atoms with van der Waals surface area (Å²) in [4.78, 5) is 18.0. The van der Waals surface area contributed by atoms with Gasteiger partial charge in [0.2, 0.25) is 13.1 Å². The third-order valence-electron chi connectivity index (χ3n) is 7.99. The number of benzene rings is 2. The van der Waals surface area contributed by atoms with Crippen molar-refractivity contribution in [2.24, 2.45) is 5.92 Å². The Morgan fingerprint density at radius 2 is 1.93 bits per heavy atom. The Labute approximate surface area is 238 Å². The molecule has 3 aliphatic heterocycles. The van der Waals surface area contributed by atoms with Gasteiger partial charge in [-0.1, -0.05) is 24.3 Å². The Morgan fingerprint density at radius 1 is 1.10 bits per heavy atom. The van der Waals surface area contributed by atoms with E-state index in [1.54, 1.807) is 11.3 Å². The number of allylic oxidation sites excluding steroid dienone is 1. The standard InChI is InChI=1S/C31H36N2O6S/c1-2-36-31-23(7-5-15-34)24(25-19-40-29-8-4-3-6-22(25)29)17-28(39-31)30(35)33-13-11-32(12-14-33)18-21-9-10-26-27(16-21)38-20-37-26/h3-4,6,8-10,16-17,19,23-24,31,34H,2,5,7,11-15,18,20H2,1H3/t23-,24+,31-/m0/s1. The van der Waals surface area contributed by atoms with Crippen molar-refractivity contribution in [3.63, 3.8) is 0 Å². The number of ether oxygens (including phenoxy) is 4. The normalized spacial score (nSPS) is 22.8. The molecule has 2 aromatic carbocycles. The number of aliphatic hydroxyl groups excluding tert-OH is 1. The van der Waals surface area contributed by atoms with Crippen LogP contribution in [0.3, 0.4) is 0 Å². The molecule has 0 aliphatic carbocycles. The van der Waals surface area contributed by atoms with E-state index in [1.165, 1.54) is 21.2 Å². The highest BCUT2D eigenvalue weighted by Crippen LogP contribution is 2.43. The van der Waals surface area contributed by atoms with E-state index in [-0.39, 0.29) is 31.1 Å². The highest BCUT2D eigenvalue weighted by molar-refractivity contribution is 7.17. The molecule has 0 unspecified atom stereocenters. The fraction of sp³-hybridized carbons (Fsp3) is 0.452. The average molecular weight is 565 g/mol. The molecule has 9 heteroatoms. The van der Waals surface area contributed by atoms with E-state index in [4.69, 9.17) is 18.9 Å². The molecule has 4 heterocycles. The van der Waals surface area contributed by atoms with E-state index in [0.717, 1.165) is 37.6 Å². The fourth-order valence-corrected chi connectivity index (χ4v) is 6.94. The number of carbonyl (C=O) groups is 1. The molecule has 8 nitrogen and oxygen atoms in total. The van der Waals surface area contributed by atoms with Crippen LogP contribution in [-0.2, 0) is 20.8 Å². The van der Waals surface area contributed by atoms with Crippen molar-refractivity contribution in [2.75, 3.05) is 46.2 Å². The minimum absolute atomic E-state index is 0.000189. The molecular formula is C31H36N2O6S. The van der Waals surface area contributed by atoms with Crippen LogP contribution >= 0.6 is 11.3 Å². The summed E-state index contributed by atoms with van der Waals surface area (Å²) >= 11 is 1.72. The van der Waals surface area contributed by atoms with Gasteiger partial charge in [-0.3, -0.25) is 9.69 Å². The molecule has 1 aromatic heterocycles. The zero-order chi connectivity index (χ0) is 27.5. The maximum atomic E-state index is 13.8. The second-order valence-electron chi connectivity index (χ2n) is 10.5. The first-order valence-corrected chi connectivity index (χ1v) is 15.0. The lowest BCUT2D eigenvalue weighted by Crippen LogP contribution is -2.49. The Bertz CT molecular complexity index is 1360. The summed E-state index contributed by atoms with van der Waals surface area (Å²) in [7, 11) is 0. The number of piperazine rings is 1. The number of rotatable bonds is 9. The monoisotopic (exact) mass is 564 g/mol. The molecule has 1 fully saturated rings. The van der Waals surface area contributed by atoms with Crippen LogP contribution in [0.1, 0.15) is 36.8 Å². The van der Waals surface area contributed by atoms with Gasteiger partial charge >= 0.3 is 0 Å². The quantitative estimate of drug-likeness (QED) is 0.403. The topological polar surface area (TPSA) is 80.7 Å². The average Bonchev–Trinajstić information content (AvgIpc) is 3.63. The van der Waals surface area contributed by atoms with Crippen molar-refractivity contribution < 1.29 is 28.8 Å². The summed E-state index contributed by atoms with van der Waals surface area (Å²) in [5.74, 6) is 1.82. The highest BCUT2D eigenvalue weighted by atomic mass is 32.1. The first-order chi connectivity index (χ1) is 19.6. The molecule has 3 atom stereocenters. The van der Waals surface area contributed by atoms with Gasteiger partial charge < -0.3 is 29.0 Å². The molecule has 40 heavy (non-hydrogen) atoms. The molecule has 1 amide bonds. The zero-order valence-electron chi connectivity index (χ0n) is 22.8. The van der Waals surface area contributed by atoms with Crippen LogP contribution in [0.4, 0.5) is 0 Å². The molecule has 1 N–H and O–H groups in total. The second-order valence-corrected chi connectivity index (χ2v) is 11.4. The smallest absolute Gasteiger partial charge is 0.288 e. The summed E-state index contributed by atoms with van der Waals surface area (Å²) in [6.45, 7) is 6.42. The van der Waals surface area contributed by atoms with E-state index >= 15 is 0 Å². The Morgan fingerprint density at radius 3 is 2.75 bits per heavy atom. The summed E-state index contributed by atoms with van der Waals surface area (Å²) < 4.78 is 24.5. The van der Waals surface area contributed by atoms with Crippen LogP contribution in [-0.4, -0.2) is 73.3 Å². The first kappa shape index (κ1) is 27.1. The van der Waals surface area contributed by atoms with Gasteiger partial charge in [-0.2, -0.15) is 0 Å². The molecule has 0 spiro atoms. The maximum absolute atomic E-state index is 13.8. The number of thiophene rings is 1. The largest absolute Gasteiger partial charge is 0.459 e. The van der Waals surface area contributed by atoms with Crippen LogP contribution in [0.15, 0.2) is 59.7 Å². The SMILES string of the molecule is CCO[C@H]1OC(C(=O)N2CCN(Cc3ccc4c(c3)OCO4)CC2)=C[C@@H](c2csc3ccccc23)[C@@H]1CCCO. The van der Waals surface area contributed by atoms with Crippen molar-refractivity contribution >= 4 is 27.3 Å². The van der Waals surface area contributed by atoms with Gasteiger partial charge in [0.1, 0.15) is 0 Å². The Kier molecular flexibility index (Phi) is 8.25. The van der Waals surface area contributed by atoms with Crippen molar-refractivity contribution in [2.45, 2.75) is 38.5 Å². The Hall–Kier alpha value is -3.11. The molecule has 6 rings (SSSR count). The van der Waals surface area contributed by atoms with E-state index in [2.05, 4.69) is 40.6 Å². The number of nitrogens with zero attached hydrogens (tertiary/aromatic N) is 2.